The molecule has 2 heteroatoms. The highest BCUT2D eigenvalue weighted by Gasteiger charge is 2.32. The molecule has 2 rings (SSSR count). The molecule has 0 aliphatic heterocycles. The highest BCUT2D eigenvalue weighted by molar-refractivity contribution is 5.93. The summed E-state index contributed by atoms with van der Waals surface area (Å²) in [6, 6.07) is 14.1. The van der Waals surface area contributed by atoms with Crippen LogP contribution in [0.3, 0.4) is 0 Å². The number of benzene rings is 2. The largest absolute Gasteiger partial charge is 0.468 e. The van der Waals surface area contributed by atoms with E-state index in [0.717, 1.165) is 16.3 Å². The van der Waals surface area contributed by atoms with Gasteiger partial charge in [-0.15, -0.1) is 0 Å². The van der Waals surface area contributed by atoms with Crippen molar-refractivity contribution < 1.29 is 9.53 Å². The molecular weight excluding hydrogens is 212 g/mol. The average Bonchev–Trinajstić information content (AvgIpc) is 2.37. The maximum absolute atomic E-state index is 11.9. The Morgan fingerprint density at radius 2 is 1.71 bits per heavy atom. The van der Waals surface area contributed by atoms with Crippen molar-refractivity contribution in [1.29, 1.82) is 0 Å². The van der Waals surface area contributed by atoms with Gasteiger partial charge in [-0.05, 0) is 30.2 Å². The van der Waals surface area contributed by atoms with Crippen LogP contribution in [-0.2, 0) is 14.9 Å². The van der Waals surface area contributed by atoms with E-state index in [2.05, 4.69) is 0 Å². The van der Waals surface area contributed by atoms with Crippen molar-refractivity contribution in [3.8, 4) is 0 Å². The molecule has 0 N–H and O–H groups in total. The van der Waals surface area contributed by atoms with Crippen LogP contribution >= 0.6 is 0 Å². The molecule has 17 heavy (non-hydrogen) atoms. The van der Waals surface area contributed by atoms with Gasteiger partial charge in [0.15, 0.2) is 0 Å². The number of hydrogen-bond donors (Lipinski definition) is 0. The summed E-state index contributed by atoms with van der Waals surface area (Å²) in [7, 11) is 1.43. The summed E-state index contributed by atoms with van der Waals surface area (Å²) in [5, 5.41) is 2.24. The number of fused-ring (bicyclic) bond motifs is 1. The lowest BCUT2D eigenvalue weighted by Crippen LogP contribution is -2.30. The second kappa shape index (κ2) is 4.21. The first-order valence-corrected chi connectivity index (χ1v) is 5.64. The third-order valence-electron chi connectivity index (χ3n) is 3.16. The summed E-state index contributed by atoms with van der Waals surface area (Å²) in [5.74, 6) is -0.214. The van der Waals surface area contributed by atoms with Crippen molar-refractivity contribution >= 4 is 16.7 Å². The third-order valence-corrected chi connectivity index (χ3v) is 3.16. The lowest BCUT2D eigenvalue weighted by Gasteiger charge is -2.23. The Hall–Kier alpha value is -1.83. The van der Waals surface area contributed by atoms with Crippen LogP contribution in [0.4, 0.5) is 0 Å². The van der Waals surface area contributed by atoms with Crippen molar-refractivity contribution in [2.75, 3.05) is 7.11 Å². The van der Waals surface area contributed by atoms with Gasteiger partial charge in [0.2, 0.25) is 0 Å². The van der Waals surface area contributed by atoms with Crippen molar-refractivity contribution in [3.05, 3.63) is 48.0 Å². The van der Waals surface area contributed by atoms with Gasteiger partial charge in [-0.25, -0.2) is 0 Å². The van der Waals surface area contributed by atoms with Crippen molar-refractivity contribution in [2.45, 2.75) is 19.3 Å². The lowest BCUT2D eigenvalue weighted by atomic mass is 9.82. The van der Waals surface area contributed by atoms with Crippen LogP contribution in [0, 0.1) is 0 Å². The molecule has 0 saturated heterocycles. The van der Waals surface area contributed by atoms with E-state index in [9.17, 15) is 4.79 Å². The smallest absolute Gasteiger partial charge is 0.315 e. The fourth-order valence-electron chi connectivity index (χ4n) is 2.14. The number of ether oxygens (including phenoxy) is 1. The van der Waals surface area contributed by atoms with Gasteiger partial charge >= 0.3 is 5.97 Å². The van der Waals surface area contributed by atoms with Crippen LogP contribution in [0.25, 0.3) is 10.8 Å². The quantitative estimate of drug-likeness (QED) is 0.737. The number of rotatable bonds is 2. The van der Waals surface area contributed by atoms with E-state index in [0.29, 0.717) is 0 Å². The van der Waals surface area contributed by atoms with Gasteiger partial charge in [-0.2, -0.15) is 0 Å². The SMILES string of the molecule is COC(=O)C(C)(C)c1cccc2ccccc12. The summed E-state index contributed by atoms with van der Waals surface area (Å²) < 4.78 is 4.88. The van der Waals surface area contributed by atoms with E-state index in [4.69, 9.17) is 4.74 Å². The maximum Gasteiger partial charge on any atom is 0.315 e. The number of carbonyl (C=O) groups excluding carboxylic acids is 1. The van der Waals surface area contributed by atoms with E-state index in [1.54, 1.807) is 0 Å². The molecular formula is C15H16O2. The number of hydrogen-bond acceptors (Lipinski definition) is 2. The molecule has 0 atom stereocenters. The van der Waals surface area contributed by atoms with Gasteiger partial charge in [0.05, 0.1) is 12.5 Å². The van der Waals surface area contributed by atoms with E-state index < -0.39 is 5.41 Å². The molecule has 0 heterocycles. The van der Waals surface area contributed by atoms with Crippen molar-refractivity contribution in [3.63, 3.8) is 0 Å². The first-order valence-electron chi connectivity index (χ1n) is 5.64. The molecule has 0 aromatic heterocycles. The average molecular weight is 228 g/mol. The van der Waals surface area contributed by atoms with Gasteiger partial charge in [-0.3, -0.25) is 4.79 Å². The first-order chi connectivity index (χ1) is 8.07. The zero-order chi connectivity index (χ0) is 12.5. The van der Waals surface area contributed by atoms with E-state index >= 15 is 0 Å². The Morgan fingerprint density at radius 3 is 2.41 bits per heavy atom. The summed E-state index contributed by atoms with van der Waals surface area (Å²) in [5.41, 5.74) is 0.373. The van der Waals surface area contributed by atoms with Gasteiger partial charge in [0.1, 0.15) is 0 Å². The molecule has 0 aliphatic rings. The number of carbonyl (C=O) groups is 1. The molecule has 0 amide bonds. The van der Waals surface area contributed by atoms with Crippen LogP contribution in [-0.4, -0.2) is 13.1 Å². The van der Waals surface area contributed by atoms with E-state index in [1.807, 2.05) is 56.3 Å². The topological polar surface area (TPSA) is 26.3 Å². The molecule has 88 valence electrons. The van der Waals surface area contributed by atoms with Gasteiger partial charge < -0.3 is 4.74 Å². The minimum atomic E-state index is -0.629. The molecule has 0 unspecified atom stereocenters. The zero-order valence-corrected chi connectivity index (χ0v) is 10.4. The predicted octanol–water partition coefficient (Wildman–Crippen LogP) is 3.29. The number of esters is 1. The summed E-state index contributed by atoms with van der Waals surface area (Å²) in [6.07, 6.45) is 0. The van der Waals surface area contributed by atoms with Crippen LogP contribution < -0.4 is 0 Å². The summed E-state index contributed by atoms with van der Waals surface area (Å²) in [4.78, 5) is 11.9. The normalized spacial score (nSPS) is 11.5. The predicted molar refractivity (Wildman–Crippen MR) is 69.0 cm³/mol. The van der Waals surface area contributed by atoms with Crippen molar-refractivity contribution in [2.24, 2.45) is 0 Å². The summed E-state index contributed by atoms with van der Waals surface area (Å²) in [6.45, 7) is 3.78. The Labute approximate surface area is 101 Å². The fourth-order valence-corrected chi connectivity index (χ4v) is 2.14. The van der Waals surface area contributed by atoms with Gasteiger partial charge in [0.25, 0.3) is 0 Å². The van der Waals surface area contributed by atoms with E-state index in [1.165, 1.54) is 7.11 Å². The highest BCUT2D eigenvalue weighted by atomic mass is 16.5. The molecule has 2 aromatic carbocycles. The molecule has 0 radical (unpaired) electrons. The van der Waals surface area contributed by atoms with Gasteiger partial charge in [0, 0.05) is 0 Å². The molecule has 2 nitrogen and oxygen atoms in total. The molecule has 0 fully saturated rings. The zero-order valence-electron chi connectivity index (χ0n) is 10.4. The minimum absolute atomic E-state index is 0.214. The number of methoxy groups -OCH3 is 1. The minimum Gasteiger partial charge on any atom is -0.468 e. The second-order valence-electron chi connectivity index (χ2n) is 4.64. The standard InChI is InChI=1S/C15H16O2/c1-15(2,14(16)17-3)13-10-6-8-11-7-4-5-9-12(11)13/h4-10H,1-3H3. The Kier molecular flexibility index (Phi) is 2.88. The first kappa shape index (κ1) is 11.6. The molecule has 0 saturated carbocycles. The van der Waals surface area contributed by atoms with Gasteiger partial charge in [-0.1, -0.05) is 42.5 Å². The van der Waals surface area contributed by atoms with Crippen molar-refractivity contribution in [1.82, 2.24) is 0 Å². The summed E-state index contributed by atoms with van der Waals surface area (Å²) >= 11 is 0. The third kappa shape index (κ3) is 1.91. The van der Waals surface area contributed by atoms with Crippen LogP contribution in [0.2, 0.25) is 0 Å². The molecule has 2 aromatic rings. The Balaban J connectivity index is 2.67. The maximum atomic E-state index is 11.9. The highest BCUT2D eigenvalue weighted by Crippen LogP contribution is 2.31. The lowest BCUT2D eigenvalue weighted by molar-refractivity contribution is -0.146. The van der Waals surface area contributed by atoms with Crippen LogP contribution in [0.15, 0.2) is 42.5 Å². The van der Waals surface area contributed by atoms with Crippen LogP contribution in [0.1, 0.15) is 19.4 Å². The monoisotopic (exact) mass is 228 g/mol. The second-order valence-corrected chi connectivity index (χ2v) is 4.64. The van der Waals surface area contributed by atoms with Crippen LogP contribution in [0.5, 0.6) is 0 Å². The Morgan fingerprint density at radius 1 is 1.06 bits per heavy atom. The molecule has 0 spiro atoms. The van der Waals surface area contributed by atoms with E-state index in [-0.39, 0.29) is 5.97 Å². The molecule has 0 bridgehead atoms. The fraction of sp³-hybridized carbons (Fsp3) is 0.267. The molecule has 0 aliphatic carbocycles. The Bertz CT molecular complexity index is 550.